The Kier molecular flexibility index (Phi) is 10.2. The lowest BCUT2D eigenvalue weighted by Crippen LogP contribution is -2.21. The number of carbonyl (C=O) groups excluding carboxylic acids is 1. The molecule has 0 saturated carbocycles. The van der Waals surface area contributed by atoms with Gasteiger partial charge in [-0.25, -0.2) is 5.43 Å². The number of ether oxygens (including phenoxy) is 4. The number of halogens is 4. The third kappa shape index (κ3) is 8.97. The van der Waals surface area contributed by atoms with Gasteiger partial charge >= 0.3 is 6.36 Å². The highest BCUT2D eigenvalue weighted by Crippen LogP contribution is 2.38. The topological polar surface area (TPSA) is 111 Å². The molecular formula is C26H25ClF3N3O6. The molecule has 3 aromatic rings. The fourth-order valence-electron chi connectivity index (χ4n) is 3.26. The van der Waals surface area contributed by atoms with E-state index < -0.39 is 12.3 Å². The summed E-state index contributed by atoms with van der Waals surface area (Å²) in [4.78, 5) is 12.2. The lowest BCUT2D eigenvalue weighted by molar-refractivity contribution is -0.274. The molecule has 0 aliphatic heterocycles. The molecule has 0 fully saturated rings. The quantitative estimate of drug-likeness (QED) is 0.162. The molecule has 208 valence electrons. The summed E-state index contributed by atoms with van der Waals surface area (Å²) < 4.78 is 57.3. The van der Waals surface area contributed by atoms with Crippen molar-refractivity contribution >= 4 is 23.7 Å². The van der Waals surface area contributed by atoms with E-state index >= 15 is 0 Å². The fourth-order valence-corrected chi connectivity index (χ4v) is 3.44. The molecule has 0 aliphatic rings. The van der Waals surface area contributed by atoms with Crippen LogP contribution in [0.2, 0.25) is 5.02 Å². The summed E-state index contributed by atoms with van der Waals surface area (Å²) in [5.41, 5.74) is 3.91. The van der Waals surface area contributed by atoms with Gasteiger partial charge in [0.2, 0.25) is 5.75 Å². The minimum absolute atomic E-state index is 0.0421. The Morgan fingerprint density at radius 2 is 1.72 bits per heavy atom. The number of methoxy groups -OCH3 is 2. The second-order valence-electron chi connectivity index (χ2n) is 7.84. The van der Waals surface area contributed by atoms with Gasteiger partial charge in [-0.05, 0) is 48.0 Å². The molecule has 0 spiro atoms. The number of nitrogens with zero attached hydrogens (tertiary/aromatic N) is 1. The van der Waals surface area contributed by atoms with Crippen LogP contribution in [0.25, 0.3) is 0 Å². The number of alkyl halides is 3. The molecule has 0 unspecified atom stereocenters. The number of aromatic hydroxyl groups is 1. The Bertz CT molecular complexity index is 1280. The van der Waals surface area contributed by atoms with Crippen molar-refractivity contribution in [2.45, 2.75) is 12.9 Å². The maximum atomic E-state index is 12.3. The summed E-state index contributed by atoms with van der Waals surface area (Å²) in [6, 6.07) is 12.9. The predicted octanol–water partition coefficient (Wildman–Crippen LogP) is 4.89. The van der Waals surface area contributed by atoms with Crippen LogP contribution >= 0.6 is 11.6 Å². The highest BCUT2D eigenvalue weighted by Gasteiger charge is 2.30. The normalized spacial score (nSPS) is 11.3. The Labute approximate surface area is 227 Å². The van der Waals surface area contributed by atoms with Gasteiger partial charge < -0.3 is 29.4 Å². The molecule has 0 saturated heterocycles. The van der Waals surface area contributed by atoms with Crippen molar-refractivity contribution in [3.05, 3.63) is 76.3 Å². The molecule has 0 atom stereocenters. The number of carbonyl (C=O) groups is 1. The molecule has 0 radical (unpaired) electrons. The fraction of sp³-hybridized carbons (Fsp3) is 0.231. The zero-order valence-corrected chi connectivity index (χ0v) is 21.6. The maximum absolute atomic E-state index is 12.3. The number of benzene rings is 3. The van der Waals surface area contributed by atoms with Gasteiger partial charge in [-0.2, -0.15) is 5.10 Å². The molecule has 9 nitrogen and oxygen atoms in total. The van der Waals surface area contributed by atoms with Crippen LogP contribution in [0.5, 0.6) is 28.7 Å². The van der Waals surface area contributed by atoms with Gasteiger partial charge in [-0.15, -0.1) is 13.2 Å². The van der Waals surface area contributed by atoms with Crippen molar-refractivity contribution in [1.82, 2.24) is 10.7 Å². The SMILES string of the molecule is COc1cc(/C=N/NC(=O)c2ccc(O)c(Cl)c2)cc(OC)c1OCCNCc1ccc(OC(F)(F)F)cc1. The maximum Gasteiger partial charge on any atom is 0.573 e. The number of nitrogens with one attached hydrogen (secondary N) is 2. The molecule has 13 heteroatoms. The number of hydrogen-bond donors (Lipinski definition) is 3. The van der Waals surface area contributed by atoms with Crippen molar-refractivity contribution < 1.29 is 42.0 Å². The van der Waals surface area contributed by atoms with Crippen LogP contribution in [-0.2, 0) is 6.54 Å². The summed E-state index contributed by atoms with van der Waals surface area (Å²) in [5.74, 6) is 0.148. The van der Waals surface area contributed by atoms with Crippen LogP contribution < -0.4 is 29.7 Å². The smallest absolute Gasteiger partial charge is 0.506 e. The van der Waals surface area contributed by atoms with Crippen LogP contribution in [0.3, 0.4) is 0 Å². The van der Waals surface area contributed by atoms with Crippen LogP contribution in [-0.4, -0.2) is 51.0 Å². The minimum atomic E-state index is -4.73. The van der Waals surface area contributed by atoms with Crippen molar-refractivity contribution in [1.29, 1.82) is 0 Å². The van der Waals surface area contributed by atoms with Gasteiger partial charge in [0.1, 0.15) is 18.1 Å². The van der Waals surface area contributed by atoms with Crippen molar-refractivity contribution in [3.63, 3.8) is 0 Å². The number of amides is 1. The molecule has 0 aromatic heterocycles. The van der Waals surface area contributed by atoms with Crippen LogP contribution in [0.1, 0.15) is 21.5 Å². The standard InChI is InChI=1S/C26H25ClF3N3O6/c1-36-22-11-17(15-32-33-25(35)18-5-8-21(34)20(27)13-18)12-23(37-2)24(22)38-10-9-31-14-16-3-6-19(7-4-16)39-26(28,29)30/h3-8,11-13,15,31,34H,9-10,14H2,1-2H3,(H,33,35)/b32-15+. The highest BCUT2D eigenvalue weighted by atomic mass is 35.5. The van der Waals surface area contributed by atoms with Crippen LogP contribution in [0, 0.1) is 0 Å². The Balaban J connectivity index is 1.54. The van der Waals surface area contributed by atoms with Gasteiger partial charge in [0.15, 0.2) is 11.5 Å². The Morgan fingerprint density at radius 1 is 1.05 bits per heavy atom. The first-order valence-corrected chi connectivity index (χ1v) is 11.7. The minimum Gasteiger partial charge on any atom is -0.506 e. The van der Waals surface area contributed by atoms with E-state index in [1.807, 2.05) is 0 Å². The van der Waals surface area contributed by atoms with Gasteiger partial charge in [0.05, 0.1) is 25.5 Å². The molecule has 1 amide bonds. The van der Waals surface area contributed by atoms with E-state index in [0.717, 1.165) is 5.56 Å². The monoisotopic (exact) mass is 567 g/mol. The second kappa shape index (κ2) is 13.6. The van der Waals surface area contributed by atoms with Crippen molar-refractivity contribution in [2.24, 2.45) is 5.10 Å². The van der Waals surface area contributed by atoms with E-state index in [-0.39, 0.29) is 28.7 Å². The van der Waals surface area contributed by atoms with E-state index in [9.17, 15) is 23.1 Å². The number of hydrogen-bond acceptors (Lipinski definition) is 8. The Morgan fingerprint density at radius 3 is 2.31 bits per heavy atom. The average Bonchev–Trinajstić information content (AvgIpc) is 2.90. The molecular weight excluding hydrogens is 543 g/mol. The molecule has 0 bridgehead atoms. The number of phenols is 1. The number of rotatable bonds is 12. The zero-order chi connectivity index (χ0) is 28.4. The van der Waals surface area contributed by atoms with E-state index in [4.69, 9.17) is 25.8 Å². The van der Waals surface area contributed by atoms with E-state index in [1.165, 1.54) is 62.9 Å². The van der Waals surface area contributed by atoms with E-state index in [2.05, 4.69) is 20.6 Å². The molecule has 3 aromatic carbocycles. The molecule has 3 rings (SSSR count). The highest BCUT2D eigenvalue weighted by molar-refractivity contribution is 6.32. The Hall–Kier alpha value is -4.16. The van der Waals surface area contributed by atoms with Gasteiger partial charge in [0.25, 0.3) is 5.91 Å². The molecule has 39 heavy (non-hydrogen) atoms. The number of hydrazone groups is 1. The first kappa shape index (κ1) is 29.4. The van der Waals surface area contributed by atoms with Gasteiger partial charge in [0, 0.05) is 24.2 Å². The van der Waals surface area contributed by atoms with Crippen molar-refractivity contribution in [3.8, 4) is 28.7 Å². The summed E-state index contributed by atoms with van der Waals surface area (Å²) in [6.45, 7) is 1.06. The van der Waals surface area contributed by atoms with Crippen LogP contribution in [0.4, 0.5) is 13.2 Å². The number of phenolic OH excluding ortho intramolecular Hbond substituents is 1. The van der Waals surface area contributed by atoms with Crippen LogP contribution in [0.15, 0.2) is 59.7 Å². The third-order valence-electron chi connectivity index (χ3n) is 5.08. The largest absolute Gasteiger partial charge is 0.573 e. The van der Waals surface area contributed by atoms with Crippen molar-refractivity contribution in [2.75, 3.05) is 27.4 Å². The van der Waals surface area contributed by atoms with Gasteiger partial charge in [-0.1, -0.05) is 23.7 Å². The first-order chi connectivity index (χ1) is 18.6. The lowest BCUT2D eigenvalue weighted by Gasteiger charge is -2.15. The summed E-state index contributed by atoms with van der Waals surface area (Å²) >= 11 is 5.83. The zero-order valence-electron chi connectivity index (χ0n) is 20.8. The summed E-state index contributed by atoms with van der Waals surface area (Å²) in [7, 11) is 2.92. The predicted molar refractivity (Wildman–Crippen MR) is 138 cm³/mol. The first-order valence-electron chi connectivity index (χ1n) is 11.4. The molecule has 0 heterocycles. The molecule has 3 N–H and O–H groups in total. The average molecular weight is 568 g/mol. The molecule has 0 aliphatic carbocycles. The van der Waals surface area contributed by atoms with E-state index in [0.29, 0.717) is 35.9 Å². The summed E-state index contributed by atoms with van der Waals surface area (Å²) in [5, 5.41) is 16.6. The second-order valence-corrected chi connectivity index (χ2v) is 8.24. The third-order valence-corrected chi connectivity index (χ3v) is 5.39. The van der Waals surface area contributed by atoms with E-state index in [1.54, 1.807) is 12.1 Å². The summed E-state index contributed by atoms with van der Waals surface area (Å²) in [6.07, 6.45) is -3.34. The van der Waals surface area contributed by atoms with Gasteiger partial charge in [-0.3, -0.25) is 4.79 Å². The lowest BCUT2D eigenvalue weighted by atomic mass is 10.2.